The highest BCUT2D eigenvalue weighted by molar-refractivity contribution is 5.82. The zero-order valence-electron chi connectivity index (χ0n) is 14.4. The zero-order valence-corrected chi connectivity index (χ0v) is 14.4. The molecule has 132 valence electrons. The van der Waals surface area contributed by atoms with Crippen LogP contribution >= 0.6 is 0 Å². The van der Waals surface area contributed by atoms with E-state index in [9.17, 15) is 4.79 Å². The van der Waals surface area contributed by atoms with E-state index in [0.29, 0.717) is 28.5 Å². The molecule has 3 heterocycles. The topological polar surface area (TPSA) is 78.6 Å². The largest absolute Gasteiger partial charge is 0.487 e. The summed E-state index contributed by atoms with van der Waals surface area (Å²) in [4.78, 5) is 11.8. The highest BCUT2D eigenvalue weighted by Gasteiger charge is 2.12. The highest BCUT2D eigenvalue weighted by atomic mass is 16.5. The maximum absolute atomic E-state index is 11.8. The molecule has 4 rings (SSSR count). The van der Waals surface area contributed by atoms with Crippen molar-refractivity contribution >= 4 is 11.0 Å². The summed E-state index contributed by atoms with van der Waals surface area (Å²) in [5, 5.41) is 4.88. The molecule has 0 N–H and O–H groups in total. The summed E-state index contributed by atoms with van der Waals surface area (Å²) in [5.41, 5.74) is 1.74. The molecular weight excluding hydrogens is 334 g/mol. The summed E-state index contributed by atoms with van der Waals surface area (Å²) in [6.07, 6.45) is 1.57. The third-order valence-corrected chi connectivity index (χ3v) is 4.08. The number of ether oxygens (including phenoxy) is 1. The van der Waals surface area contributed by atoms with Gasteiger partial charge in [-0.3, -0.25) is 0 Å². The van der Waals surface area contributed by atoms with Gasteiger partial charge >= 0.3 is 5.63 Å². The van der Waals surface area contributed by atoms with Crippen LogP contribution in [0.4, 0.5) is 0 Å². The van der Waals surface area contributed by atoms with Gasteiger partial charge in [0.1, 0.15) is 23.6 Å². The summed E-state index contributed by atoms with van der Waals surface area (Å²) in [6.45, 7) is 4.31. The molecule has 0 saturated heterocycles. The van der Waals surface area contributed by atoms with Crippen LogP contribution in [0, 0.1) is 0 Å². The second-order valence-corrected chi connectivity index (χ2v) is 6.28. The quantitative estimate of drug-likeness (QED) is 0.483. The van der Waals surface area contributed by atoms with Crippen molar-refractivity contribution in [1.82, 2.24) is 5.16 Å². The van der Waals surface area contributed by atoms with E-state index in [4.69, 9.17) is 18.1 Å². The molecule has 6 heteroatoms. The number of hydrogen-bond acceptors (Lipinski definition) is 6. The third-order valence-electron chi connectivity index (χ3n) is 4.08. The molecule has 0 saturated carbocycles. The van der Waals surface area contributed by atoms with Crippen LogP contribution in [0.3, 0.4) is 0 Å². The minimum Gasteiger partial charge on any atom is -0.487 e. The molecule has 0 unspecified atom stereocenters. The van der Waals surface area contributed by atoms with E-state index in [1.54, 1.807) is 36.6 Å². The van der Waals surface area contributed by atoms with E-state index in [0.717, 1.165) is 10.9 Å². The van der Waals surface area contributed by atoms with E-state index in [1.807, 2.05) is 26.0 Å². The summed E-state index contributed by atoms with van der Waals surface area (Å²) < 4.78 is 21.6. The van der Waals surface area contributed by atoms with E-state index in [-0.39, 0.29) is 18.2 Å². The van der Waals surface area contributed by atoms with Crippen molar-refractivity contribution in [1.29, 1.82) is 0 Å². The zero-order chi connectivity index (χ0) is 18.1. The average Bonchev–Trinajstić information content (AvgIpc) is 3.30. The van der Waals surface area contributed by atoms with Crippen LogP contribution in [-0.2, 0) is 6.61 Å². The molecule has 0 atom stereocenters. The Morgan fingerprint density at radius 1 is 1.12 bits per heavy atom. The van der Waals surface area contributed by atoms with Crippen molar-refractivity contribution in [3.05, 3.63) is 70.4 Å². The molecule has 0 fully saturated rings. The van der Waals surface area contributed by atoms with Gasteiger partial charge in [0, 0.05) is 23.6 Å². The SMILES string of the molecule is CC(C)c1cc(=O)oc2cc(OCc3cc(-c4ccco4)on3)ccc12. The van der Waals surface area contributed by atoms with E-state index in [2.05, 4.69) is 5.16 Å². The first-order chi connectivity index (χ1) is 12.6. The Hall–Kier alpha value is -3.28. The number of fused-ring (bicyclic) bond motifs is 1. The maximum atomic E-state index is 11.8. The minimum atomic E-state index is -0.363. The molecule has 0 radical (unpaired) electrons. The number of nitrogens with zero attached hydrogens (tertiary/aromatic N) is 1. The van der Waals surface area contributed by atoms with E-state index < -0.39 is 0 Å². The fraction of sp³-hybridized carbons (Fsp3) is 0.200. The molecular formula is C20H17NO5. The molecule has 6 nitrogen and oxygen atoms in total. The van der Waals surface area contributed by atoms with Gasteiger partial charge in [-0.25, -0.2) is 4.79 Å². The van der Waals surface area contributed by atoms with Gasteiger partial charge in [-0.2, -0.15) is 0 Å². The van der Waals surface area contributed by atoms with Crippen molar-refractivity contribution in [3.8, 4) is 17.3 Å². The monoisotopic (exact) mass is 351 g/mol. The Bertz CT molecular complexity index is 1090. The molecule has 0 aliphatic carbocycles. The Balaban J connectivity index is 1.55. The standard InChI is InChI=1S/C20H17NO5/c1-12(2)16-10-20(22)25-18-9-14(5-6-15(16)18)24-11-13-8-19(26-21-13)17-4-3-7-23-17/h3-10,12H,11H2,1-2H3. The van der Waals surface area contributed by atoms with Crippen LogP contribution in [0.1, 0.15) is 31.0 Å². The van der Waals surface area contributed by atoms with Gasteiger partial charge in [0.05, 0.1) is 6.26 Å². The smallest absolute Gasteiger partial charge is 0.336 e. The fourth-order valence-electron chi connectivity index (χ4n) is 2.81. The lowest BCUT2D eigenvalue weighted by atomic mass is 10.00. The van der Waals surface area contributed by atoms with Crippen molar-refractivity contribution in [2.75, 3.05) is 0 Å². The van der Waals surface area contributed by atoms with Crippen LogP contribution in [0.15, 0.2) is 66.9 Å². The second-order valence-electron chi connectivity index (χ2n) is 6.28. The van der Waals surface area contributed by atoms with E-state index >= 15 is 0 Å². The van der Waals surface area contributed by atoms with Crippen molar-refractivity contribution in [2.24, 2.45) is 0 Å². The van der Waals surface area contributed by atoms with Crippen LogP contribution in [0.5, 0.6) is 5.75 Å². The number of benzene rings is 1. The van der Waals surface area contributed by atoms with Crippen molar-refractivity contribution in [3.63, 3.8) is 0 Å². The molecule has 0 spiro atoms. The van der Waals surface area contributed by atoms with Crippen LogP contribution < -0.4 is 10.4 Å². The first-order valence-corrected chi connectivity index (χ1v) is 8.30. The predicted molar refractivity (Wildman–Crippen MR) is 95.1 cm³/mol. The number of aromatic nitrogens is 1. The van der Waals surface area contributed by atoms with Crippen LogP contribution in [0.25, 0.3) is 22.5 Å². The van der Waals surface area contributed by atoms with Crippen molar-refractivity contribution in [2.45, 2.75) is 26.4 Å². The number of rotatable bonds is 5. The molecule has 3 aromatic heterocycles. The Morgan fingerprint density at radius 3 is 2.77 bits per heavy atom. The van der Waals surface area contributed by atoms with Gasteiger partial charge in [0.25, 0.3) is 0 Å². The minimum absolute atomic E-state index is 0.225. The molecule has 26 heavy (non-hydrogen) atoms. The second kappa shape index (κ2) is 6.55. The van der Waals surface area contributed by atoms with Crippen LogP contribution in [0.2, 0.25) is 0 Å². The molecule has 0 aliphatic heterocycles. The highest BCUT2D eigenvalue weighted by Crippen LogP contribution is 2.27. The van der Waals surface area contributed by atoms with Gasteiger partial charge < -0.3 is 18.1 Å². The Kier molecular flexibility index (Phi) is 4.08. The van der Waals surface area contributed by atoms with Gasteiger partial charge in [0.15, 0.2) is 5.76 Å². The summed E-state index contributed by atoms with van der Waals surface area (Å²) in [6, 6.07) is 12.3. The number of furan rings is 1. The molecule has 0 aliphatic rings. The Morgan fingerprint density at radius 2 is 2.00 bits per heavy atom. The molecule has 4 aromatic rings. The van der Waals surface area contributed by atoms with Crippen LogP contribution in [-0.4, -0.2) is 5.16 Å². The lowest BCUT2D eigenvalue weighted by Gasteiger charge is -2.10. The third kappa shape index (κ3) is 3.13. The summed E-state index contributed by atoms with van der Waals surface area (Å²) >= 11 is 0. The first-order valence-electron chi connectivity index (χ1n) is 8.30. The lowest BCUT2D eigenvalue weighted by Crippen LogP contribution is -2.02. The molecule has 0 amide bonds. The average molecular weight is 351 g/mol. The van der Waals surface area contributed by atoms with Crippen molar-refractivity contribution < 1.29 is 18.1 Å². The summed E-state index contributed by atoms with van der Waals surface area (Å²) in [7, 11) is 0. The Labute approximate surface area is 149 Å². The number of hydrogen-bond donors (Lipinski definition) is 0. The normalized spacial score (nSPS) is 11.3. The molecule has 1 aromatic carbocycles. The predicted octanol–water partition coefficient (Wildman–Crippen LogP) is 4.74. The first kappa shape index (κ1) is 16.2. The van der Waals surface area contributed by atoms with Gasteiger partial charge in [0.2, 0.25) is 5.76 Å². The van der Waals surface area contributed by atoms with Gasteiger partial charge in [-0.15, -0.1) is 0 Å². The maximum Gasteiger partial charge on any atom is 0.336 e. The fourth-order valence-corrected chi connectivity index (χ4v) is 2.81. The van der Waals surface area contributed by atoms with Gasteiger partial charge in [-0.1, -0.05) is 19.0 Å². The van der Waals surface area contributed by atoms with Gasteiger partial charge in [-0.05, 0) is 35.7 Å². The molecule has 0 bridgehead atoms. The summed E-state index contributed by atoms with van der Waals surface area (Å²) in [5.74, 6) is 1.96. The van der Waals surface area contributed by atoms with E-state index in [1.165, 1.54) is 0 Å². The lowest BCUT2D eigenvalue weighted by molar-refractivity contribution is 0.289.